The second-order valence-electron chi connectivity index (χ2n) is 5.91. The van der Waals surface area contributed by atoms with E-state index >= 15 is 0 Å². The van der Waals surface area contributed by atoms with E-state index in [0.717, 1.165) is 16.6 Å². The maximum Gasteiger partial charge on any atom is 0.257 e. The molecule has 1 aliphatic rings. The maximum atomic E-state index is 12.4. The van der Waals surface area contributed by atoms with E-state index in [1.54, 1.807) is 12.1 Å². The number of ether oxygens (including phenoxy) is 2. The minimum absolute atomic E-state index is 0.216. The first kappa shape index (κ1) is 20.1. The molecule has 5 nitrogen and oxygen atoms in total. The number of thiocarbonyl (C=S) groups is 1. The highest BCUT2D eigenvalue weighted by Gasteiger charge is 2.17. The molecule has 0 aromatic heterocycles. The molecule has 0 radical (unpaired) electrons. The summed E-state index contributed by atoms with van der Waals surface area (Å²) in [5, 5.41) is 3.23. The van der Waals surface area contributed by atoms with E-state index in [9.17, 15) is 4.79 Å². The summed E-state index contributed by atoms with van der Waals surface area (Å²) in [4.78, 5) is 14.3. The summed E-state index contributed by atoms with van der Waals surface area (Å²) in [6, 6.07) is 5.33. The van der Waals surface area contributed by atoms with E-state index in [-0.39, 0.29) is 5.91 Å². The standard InChI is InChI=1S/C18H25BrN2O3S/c1-2-3-4-5-10-24-16-7-6-14(13-15(16)19)17(22)20-18(25)21-8-11-23-12-9-21/h6-7,13H,2-5,8-12H2,1H3,(H,20,22,25). The van der Waals surface area contributed by atoms with Crippen molar-refractivity contribution in [3.8, 4) is 5.75 Å². The number of amides is 1. The summed E-state index contributed by atoms with van der Waals surface area (Å²) >= 11 is 8.78. The lowest BCUT2D eigenvalue weighted by atomic mass is 10.2. The number of carbonyl (C=O) groups is 1. The first-order valence-corrected chi connectivity index (χ1v) is 9.92. The van der Waals surface area contributed by atoms with Crippen LogP contribution >= 0.6 is 28.1 Å². The zero-order valence-electron chi connectivity index (χ0n) is 14.6. The number of benzene rings is 1. The van der Waals surface area contributed by atoms with Gasteiger partial charge in [0.15, 0.2) is 5.11 Å². The van der Waals surface area contributed by atoms with Crippen LogP contribution in [0.3, 0.4) is 0 Å². The second-order valence-corrected chi connectivity index (χ2v) is 7.15. The van der Waals surface area contributed by atoms with Crippen LogP contribution in [-0.2, 0) is 4.74 Å². The summed E-state index contributed by atoms with van der Waals surface area (Å²) < 4.78 is 11.8. The summed E-state index contributed by atoms with van der Waals surface area (Å²) in [5.74, 6) is 0.537. The Morgan fingerprint density at radius 3 is 2.76 bits per heavy atom. The van der Waals surface area contributed by atoms with E-state index in [1.165, 1.54) is 19.3 Å². The van der Waals surface area contributed by atoms with Gasteiger partial charge in [-0.2, -0.15) is 0 Å². The molecule has 0 aliphatic carbocycles. The number of rotatable bonds is 7. The smallest absolute Gasteiger partial charge is 0.257 e. The van der Waals surface area contributed by atoms with Gasteiger partial charge in [-0.25, -0.2) is 0 Å². The molecule has 25 heavy (non-hydrogen) atoms. The molecule has 1 aromatic carbocycles. The lowest BCUT2D eigenvalue weighted by molar-refractivity contribution is 0.0669. The van der Waals surface area contributed by atoms with Gasteiger partial charge in [0.05, 0.1) is 24.3 Å². The quantitative estimate of drug-likeness (QED) is 0.529. The summed E-state index contributed by atoms with van der Waals surface area (Å²) in [6.45, 7) is 5.54. The summed E-state index contributed by atoms with van der Waals surface area (Å²) in [7, 11) is 0. The zero-order chi connectivity index (χ0) is 18.1. The predicted octanol–water partition coefficient (Wildman–Crippen LogP) is 3.76. The van der Waals surface area contributed by atoms with Crippen LogP contribution in [0, 0.1) is 0 Å². The Balaban J connectivity index is 1.85. The van der Waals surface area contributed by atoms with Crippen LogP contribution < -0.4 is 10.1 Å². The fourth-order valence-electron chi connectivity index (χ4n) is 2.48. The highest BCUT2D eigenvalue weighted by atomic mass is 79.9. The molecule has 0 saturated carbocycles. The Labute approximate surface area is 163 Å². The fraction of sp³-hybridized carbons (Fsp3) is 0.556. The van der Waals surface area contributed by atoms with Gasteiger partial charge in [0.1, 0.15) is 5.75 Å². The number of halogens is 1. The number of hydrogen-bond donors (Lipinski definition) is 1. The van der Waals surface area contributed by atoms with Crippen molar-refractivity contribution in [3.63, 3.8) is 0 Å². The predicted molar refractivity (Wildman–Crippen MR) is 106 cm³/mol. The van der Waals surface area contributed by atoms with Crippen LogP contribution in [0.2, 0.25) is 0 Å². The van der Waals surface area contributed by atoms with Gasteiger partial charge >= 0.3 is 0 Å². The molecule has 1 aliphatic heterocycles. The zero-order valence-corrected chi connectivity index (χ0v) is 17.0. The Morgan fingerprint density at radius 2 is 2.08 bits per heavy atom. The number of unbranched alkanes of at least 4 members (excludes halogenated alkanes) is 3. The van der Waals surface area contributed by atoms with Crippen molar-refractivity contribution < 1.29 is 14.3 Å². The Morgan fingerprint density at radius 1 is 1.32 bits per heavy atom. The molecule has 0 atom stereocenters. The van der Waals surface area contributed by atoms with Crippen LogP contribution in [-0.4, -0.2) is 48.8 Å². The lowest BCUT2D eigenvalue weighted by Gasteiger charge is -2.28. The number of nitrogens with zero attached hydrogens (tertiary/aromatic N) is 1. The molecule has 1 aromatic rings. The van der Waals surface area contributed by atoms with Crippen molar-refractivity contribution in [1.29, 1.82) is 0 Å². The molecule has 7 heteroatoms. The molecular formula is C18H25BrN2O3S. The van der Waals surface area contributed by atoms with Gasteiger partial charge in [0.25, 0.3) is 5.91 Å². The third-order valence-electron chi connectivity index (χ3n) is 3.97. The molecule has 1 amide bonds. The summed E-state index contributed by atoms with van der Waals surface area (Å²) in [5.41, 5.74) is 0.542. The number of carbonyl (C=O) groups excluding carboxylic acids is 1. The van der Waals surface area contributed by atoms with E-state index in [1.807, 2.05) is 11.0 Å². The molecule has 138 valence electrons. The highest BCUT2D eigenvalue weighted by molar-refractivity contribution is 9.10. The molecule has 1 fully saturated rings. The normalized spacial score (nSPS) is 14.2. The molecule has 0 unspecified atom stereocenters. The van der Waals surface area contributed by atoms with Crippen molar-refractivity contribution in [3.05, 3.63) is 28.2 Å². The van der Waals surface area contributed by atoms with E-state index in [2.05, 4.69) is 28.2 Å². The second kappa shape index (κ2) is 10.7. The van der Waals surface area contributed by atoms with Crippen LogP contribution in [0.4, 0.5) is 0 Å². The van der Waals surface area contributed by atoms with Crippen molar-refractivity contribution >= 4 is 39.2 Å². The number of morpholine rings is 1. The topological polar surface area (TPSA) is 50.8 Å². The molecular weight excluding hydrogens is 404 g/mol. The first-order valence-electron chi connectivity index (χ1n) is 8.72. The SMILES string of the molecule is CCCCCCOc1ccc(C(=O)NC(=S)N2CCOCC2)cc1Br. The molecule has 0 bridgehead atoms. The molecule has 1 saturated heterocycles. The van der Waals surface area contributed by atoms with Gasteiger partial charge in [-0.1, -0.05) is 26.2 Å². The van der Waals surface area contributed by atoms with Crippen LogP contribution in [0.25, 0.3) is 0 Å². The summed E-state index contributed by atoms with van der Waals surface area (Å²) in [6.07, 6.45) is 4.65. The third kappa shape index (κ3) is 6.56. The van der Waals surface area contributed by atoms with Crippen molar-refractivity contribution in [2.24, 2.45) is 0 Å². The minimum Gasteiger partial charge on any atom is -0.492 e. The van der Waals surface area contributed by atoms with E-state index < -0.39 is 0 Å². The Kier molecular flexibility index (Phi) is 8.64. The maximum absolute atomic E-state index is 12.4. The largest absolute Gasteiger partial charge is 0.492 e. The van der Waals surface area contributed by atoms with Gasteiger partial charge in [0.2, 0.25) is 0 Å². The molecule has 1 N–H and O–H groups in total. The van der Waals surface area contributed by atoms with Crippen molar-refractivity contribution in [2.45, 2.75) is 32.6 Å². The van der Waals surface area contributed by atoms with Gasteiger partial charge < -0.3 is 14.4 Å². The minimum atomic E-state index is -0.216. The number of hydrogen-bond acceptors (Lipinski definition) is 4. The lowest BCUT2D eigenvalue weighted by Crippen LogP contribution is -2.47. The van der Waals surface area contributed by atoms with Gasteiger partial charge in [-0.05, 0) is 52.8 Å². The van der Waals surface area contributed by atoms with Gasteiger partial charge in [-0.15, -0.1) is 0 Å². The van der Waals surface area contributed by atoms with Crippen molar-refractivity contribution in [1.82, 2.24) is 10.2 Å². The van der Waals surface area contributed by atoms with Gasteiger partial charge in [0, 0.05) is 18.7 Å². The molecule has 1 heterocycles. The van der Waals surface area contributed by atoms with Crippen LogP contribution in [0.15, 0.2) is 22.7 Å². The van der Waals surface area contributed by atoms with Crippen LogP contribution in [0.5, 0.6) is 5.75 Å². The average molecular weight is 429 g/mol. The fourth-order valence-corrected chi connectivity index (χ4v) is 3.25. The third-order valence-corrected chi connectivity index (χ3v) is 4.95. The number of nitrogens with one attached hydrogen (secondary N) is 1. The van der Waals surface area contributed by atoms with Gasteiger partial charge in [-0.3, -0.25) is 10.1 Å². The Hall–Kier alpha value is -1.18. The average Bonchev–Trinajstić information content (AvgIpc) is 2.63. The Bertz CT molecular complexity index is 592. The van der Waals surface area contributed by atoms with Crippen LogP contribution in [0.1, 0.15) is 43.0 Å². The molecule has 2 rings (SSSR count). The van der Waals surface area contributed by atoms with Crippen molar-refractivity contribution in [2.75, 3.05) is 32.9 Å². The van der Waals surface area contributed by atoms with E-state index in [4.69, 9.17) is 21.7 Å². The monoisotopic (exact) mass is 428 g/mol. The molecule has 0 spiro atoms. The van der Waals surface area contributed by atoms with E-state index in [0.29, 0.717) is 43.6 Å². The first-order chi connectivity index (χ1) is 12.1. The highest BCUT2D eigenvalue weighted by Crippen LogP contribution is 2.26.